The minimum atomic E-state index is -0.261. The van der Waals surface area contributed by atoms with E-state index in [0.717, 1.165) is 25.3 Å². The Labute approximate surface area is 177 Å². The summed E-state index contributed by atoms with van der Waals surface area (Å²) >= 11 is 0. The predicted octanol–water partition coefficient (Wildman–Crippen LogP) is 2.88. The molecule has 1 aliphatic carbocycles. The molecule has 1 aromatic rings. The molecule has 160 valence electrons. The van der Waals surface area contributed by atoms with Gasteiger partial charge in [-0.15, -0.1) is 0 Å². The van der Waals surface area contributed by atoms with E-state index in [0.29, 0.717) is 36.7 Å². The Kier molecular flexibility index (Phi) is 6.81. The summed E-state index contributed by atoms with van der Waals surface area (Å²) in [7, 11) is 0. The third-order valence-corrected chi connectivity index (χ3v) is 5.57. The molecular formula is C23H30N4O3. The lowest BCUT2D eigenvalue weighted by molar-refractivity contribution is 0.0486. The zero-order valence-corrected chi connectivity index (χ0v) is 17.4. The van der Waals surface area contributed by atoms with Crippen LogP contribution in [-0.2, 0) is 4.74 Å². The molecule has 1 aromatic carbocycles. The fraction of sp³-hybridized carbons (Fsp3) is 0.478. The fourth-order valence-corrected chi connectivity index (χ4v) is 3.68. The quantitative estimate of drug-likeness (QED) is 0.642. The van der Waals surface area contributed by atoms with Crippen LogP contribution in [0.25, 0.3) is 0 Å². The number of rotatable bonds is 8. The first-order valence-corrected chi connectivity index (χ1v) is 10.7. The molecule has 0 aromatic heterocycles. The van der Waals surface area contributed by atoms with Gasteiger partial charge >= 0.3 is 5.97 Å². The average Bonchev–Trinajstić information content (AvgIpc) is 3.60. The average molecular weight is 411 g/mol. The number of aliphatic imine (C=N–C) groups is 1. The van der Waals surface area contributed by atoms with E-state index in [1.807, 2.05) is 24.4 Å². The summed E-state index contributed by atoms with van der Waals surface area (Å²) in [5.74, 6) is 1.44. The summed E-state index contributed by atoms with van der Waals surface area (Å²) in [4.78, 5) is 18.6. The van der Waals surface area contributed by atoms with Gasteiger partial charge in [-0.3, -0.25) is 15.8 Å². The third kappa shape index (κ3) is 5.70. The smallest absolute Gasteiger partial charge is 0.338 e. The number of allylic oxidation sites excluding steroid dienone is 1. The minimum Gasteiger partial charge on any atom is -0.492 e. The Bertz CT molecular complexity index is 814. The van der Waals surface area contributed by atoms with Crippen LogP contribution in [0.15, 0.2) is 53.4 Å². The number of hydrogen-bond acceptors (Lipinski definition) is 7. The Hall–Kier alpha value is -2.64. The van der Waals surface area contributed by atoms with Crippen molar-refractivity contribution in [3.8, 4) is 5.75 Å². The molecule has 0 spiro atoms. The van der Waals surface area contributed by atoms with E-state index >= 15 is 0 Å². The van der Waals surface area contributed by atoms with E-state index in [-0.39, 0.29) is 5.97 Å². The first kappa shape index (κ1) is 20.6. The van der Waals surface area contributed by atoms with Crippen LogP contribution in [0.2, 0.25) is 0 Å². The Morgan fingerprint density at radius 3 is 2.87 bits per heavy atom. The number of esters is 1. The standard InChI is InChI=1S/C23H30N4O3/c1-17-13-20(14-25-26-17)22-15-24-9-2-10-27(22)11-12-29-21-7-5-19(6-8-21)23(28)30-16-18-3-4-18/h2,5-10,15,17-18,20,25-26H,3-4,11-14,16H2,1H3. The number of hydrogen-bond donors (Lipinski definition) is 2. The molecule has 0 bridgehead atoms. The molecule has 2 atom stereocenters. The highest BCUT2D eigenvalue weighted by molar-refractivity contribution is 5.89. The zero-order chi connectivity index (χ0) is 20.8. The maximum absolute atomic E-state index is 12.0. The summed E-state index contributed by atoms with van der Waals surface area (Å²) in [5, 5.41) is 0. The summed E-state index contributed by atoms with van der Waals surface area (Å²) in [5.41, 5.74) is 8.30. The van der Waals surface area contributed by atoms with Crippen molar-refractivity contribution in [2.45, 2.75) is 32.2 Å². The minimum absolute atomic E-state index is 0.261. The van der Waals surface area contributed by atoms with Crippen LogP contribution in [0.5, 0.6) is 5.75 Å². The zero-order valence-electron chi connectivity index (χ0n) is 17.4. The third-order valence-electron chi connectivity index (χ3n) is 5.57. The van der Waals surface area contributed by atoms with Gasteiger partial charge in [0.25, 0.3) is 0 Å². The fourth-order valence-electron chi connectivity index (χ4n) is 3.68. The van der Waals surface area contributed by atoms with Crippen molar-refractivity contribution in [2.75, 3.05) is 26.3 Å². The van der Waals surface area contributed by atoms with Crippen LogP contribution in [0.3, 0.4) is 0 Å². The van der Waals surface area contributed by atoms with Crippen LogP contribution in [-0.4, -0.2) is 49.4 Å². The number of nitrogens with zero attached hydrogens (tertiary/aromatic N) is 2. The summed E-state index contributed by atoms with van der Waals surface area (Å²) in [6, 6.07) is 7.58. The molecule has 2 fully saturated rings. The second-order valence-electron chi connectivity index (χ2n) is 8.16. The summed E-state index contributed by atoms with van der Waals surface area (Å²) in [6.07, 6.45) is 11.1. The van der Waals surface area contributed by atoms with Crippen molar-refractivity contribution in [3.05, 3.63) is 54.0 Å². The number of hydrazine groups is 1. The van der Waals surface area contributed by atoms with Gasteiger partial charge in [-0.25, -0.2) is 4.79 Å². The lowest BCUT2D eigenvalue weighted by atomic mass is 9.95. The Morgan fingerprint density at radius 2 is 2.10 bits per heavy atom. The van der Waals surface area contributed by atoms with Gasteiger partial charge in [-0.2, -0.15) is 0 Å². The van der Waals surface area contributed by atoms with Crippen LogP contribution in [0, 0.1) is 11.8 Å². The summed E-state index contributed by atoms with van der Waals surface area (Å²) < 4.78 is 11.2. The van der Waals surface area contributed by atoms with E-state index in [2.05, 4.69) is 33.9 Å². The predicted molar refractivity (Wildman–Crippen MR) is 116 cm³/mol. The second kappa shape index (κ2) is 9.91. The molecule has 2 aliphatic heterocycles. The highest BCUT2D eigenvalue weighted by atomic mass is 16.5. The van der Waals surface area contributed by atoms with E-state index in [4.69, 9.17) is 9.47 Å². The van der Waals surface area contributed by atoms with Gasteiger partial charge in [-0.1, -0.05) is 0 Å². The number of carbonyl (C=O) groups is 1. The van der Waals surface area contributed by atoms with E-state index < -0.39 is 0 Å². The molecule has 0 radical (unpaired) electrons. The molecule has 7 heteroatoms. The van der Waals surface area contributed by atoms with Gasteiger partial charge in [0.05, 0.1) is 18.7 Å². The lowest BCUT2D eigenvalue weighted by Gasteiger charge is -2.34. The van der Waals surface area contributed by atoms with Crippen molar-refractivity contribution in [2.24, 2.45) is 16.8 Å². The first-order valence-electron chi connectivity index (χ1n) is 10.7. The maximum Gasteiger partial charge on any atom is 0.338 e. The number of ether oxygens (including phenoxy) is 2. The van der Waals surface area contributed by atoms with Gasteiger partial charge in [0.1, 0.15) is 12.4 Å². The summed E-state index contributed by atoms with van der Waals surface area (Å²) in [6.45, 7) is 4.82. The van der Waals surface area contributed by atoms with Crippen molar-refractivity contribution >= 4 is 12.2 Å². The van der Waals surface area contributed by atoms with E-state index in [9.17, 15) is 4.79 Å². The van der Waals surface area contributed by atoms with Crippen molar-refractivity contribution < 1.29 is 14.3 Å². The lowest BCUT2D eigenvalue weighted by Crippen LogP contribution is -2.50. The second-order valence-corrected chi connectivity index (χ2v) is 8.16. The highest BCUT2D eigenvalue weighted by Gasteiger charge is 2.25. The Balaban J connectivity index is 1.28. The number of benzene rings is 1. The van der Waals surface area contributed by atoms with Crippen LogP contribution in [0.4, 0.5) is 0 Å². The van der Waals surface area contributed by atoms with Crippen molar-refractivity contribution in [3.63, 3.8) is 0 Å². The first-order chi connectivity index (χ1) is 14.7. The monoisotopic (exact) mass is 410 g/mol. The number of nitrogens with one attached hydrogen (secondary N) is 2. The van der Waals surface area contributed by atoms with Gasteiger partial charge in [0, 0.05) is 42.8 Å². The molecule has 3 aliphatic rings. The molecule has 2 unspecified atom stereocenters. The topological polar surface area (TPSA) is 75.2 Å². The maximum atomic E-state index is 12.0. The van der Waals surface area contributed by atoms with Gasteiger partial charge < -0.3 is 14.4 Å². The number of carbonyl (C=O) groups excluding carboxylic acids is 1. The highest BCUT2D eigenvalue weighted by Crippen LogP contribution is 2.29. The van der Waals surface area contributed by atoms with Crippen molar-refractivity contribution in [1.82, 2.24) is 15.8 Å². The molecular weight excluding hydrogens is 380 g/mol. The van der Waals surface area contributed by atoms with Gasteiger partial charge in [0.15, 0.2) is 0 Å². The van der Waals surface area contributed by atoms with Crippen LogP contribution in [0.1, 0.15) is 36.5 Å². The van der Waals surface area contributed by atoms with Crippen LogP contribution >= 0.6 is 0 Å². The SMILES string of the molecule is CC1CC(C2=CN=CC=CN2CCOc2ccc(C(=O)OCC3CC3)cc2)CNN1. The molecule has 1 saturated heterocycles. The van der Waals surface area contributed by atoms with Crippen molar-refractivity contribution in [1.29, 1.82) is 0 Å². The van der Waals surface area contributed by atoms with E-state index in [1.165, 1.54) is 18.5 Å². The Morgan fingerprint density at radius 1 is 1.27 bits per heavy atom. The molecule has 30 heavy (non-hydrogen) atoms. The molecule has 1 saturated carbocycles. The molecule has 7 nitrogen and oxygen atoms in total. The van der Waals surface area contributed by atoms with Gasteiger partial charge in [-0.05, 0) is 62.4 Å². The largest absolute Gasteiger partial charge is 0.492 e. The normalized spacial score (nSPS) is 23.6. The van der Waals surface area contributed by atoms with E-state index in [1.54, 1.807) is 18.3 Å². The molecule has 4 rings (SSSR count). The molecule has 0 amide bonds. The van der Waals surface area contributed by atoms with Crippen LogP contribution < -0.4 is 15.6 Å². The molecule has 2 N–H and O–H groups in total. The molecule has 2 heterocycles. The van der Waals surface area contributed by atoms with Gasteiger partial charge in [0.2, 0.25) is 0 Å².